The molecule has 0 saturated carbocycles. The number of nitrogens with zero attached hydrogens (tertiary/aromatic N) is 1. The van der Waals surface area contributed by atoms with Crippen molar-refractivity contribution in [2.24, 2.45) is 0 Å². The smallest absolute Gasteiger partial charge is 0.257 e. The molecular formula is C28H34NO7-. The van der Waals surface area contributed by atoms with Crippen LogP contribution in [0.25, 0.3) is 0 Å². The predicted molar refractivity (Wildman–Crippen MR) is 134 cm³/mol. The summed E-state index contributed by atoms with van der Waals surface area (Å²) in [5.74, 6) is 0.124. The molecule has 194 valence electrons. The third-order valence-electron chi connectivity index (χ3n) is 5.95. The van der Waals surface area contributed by atoms with Gasteiger partial charge >= 0.3 is 0 Å². The molecule has 0 aliphatic carbocycles. The van der Waals surface area contributed by atoms with E-state index in [0.29, 0.717) is 68.4 Å². The highest BCUT2D eigenvalue weighted by Gasteiger charge is 2.24. The second kappa shape index (κ2) is 13.4. The second-order valence-corrected chi connectivity index (χ2v) is 8.62. The number of phenols is 1. The summed E-state index contributed by atoms with van der Waals surface area (Å²) >= 11 is 0. The average molecular weight is 497 g/mol. The van der Waals surface area contributed by atoms with Crippen LogP contribution in [0.1, 0.15) is 54.1 Å². The number of rotatable bonds is 14. The molecule has 1 saturated heterocycles. The van der Waals surface area contributed by atoms with E-state index in [-0.39, 0.29) is 17.2 Å². The maximum atomic E-state index is 12.8. The van der Waals surface area contributed by atoms with Gasteiger partial charge in [-0.3, -0.25) is 4.79 Å². The fourth-order valence-corrected chi connectivity index (χ4v) is 4.23. The molecule has 8 nitrogen and oxygen atoms in total. The lowest BCUT2D eigenvalue weighted by atomic mass is 10.0. The van der Waals surface area contributed by atoms with Crippen LogP contribution in [0.15, 0.2) is 43.0 Å². The minimum Gasteiger partial charge on any atom is -0.546 e. The first-order valence-electron chi connectivity index (χ1n) is 12.4. The van der Waals surface area contributed by atoms with Crippen molar-refractivity contribution in [3.8, 4) is 23.0 Å². The fourth-order valence-electron chi connectivity index (χ4n) is 4.23. The lowest BCUT2D eigenvalue weighted by molar-refractivity contribution is -0.307. The number of carbonyl (C=O) groups excluding carboxylic acids is 2. The maximum Gasteiger partial charge on any atom is 0.257 e. The average Bonchev–Trinajstić information content (AvgIpc) is 3.40. The molecule has 2 aromatic carbocycles. The number of ether oxygens (including phenoxy) is 3. The van der Waals surface area contributed by atoms with Crippen LogP contribution in [0.2, 0.25) is 0 Å². The van der Waals surface area contributed by atoms with Crippen molar-refractivity contribution in [2.75, 3.05) is 32.9 Å². The van der Waals surface area contributed by atoms with E-state index in [1.54, 1.807) is 35.2 Å². The van der Waals surface area contributed by atoms with Crippen LogP contribution >= 0.6 is 0 Å². The van der Waals surface area contributed by atoms with Crippen LogP contribution in [0.4, 0.5) is 0 Å². The van der Waals surface area contributed by atoms with Crippen LogP contribution in [0, 0.1) is 0 Å². The summed E-state index contributed by atoms with van der Waals surface area (Å²) in [4.78, 5) is 25.3. The number of phenolic OH excluding ortho intramolecular Hbond substituents is 1. The molecule has 1 amide bonds. The first-order chi connectivity index (χ1) is 17.5. The molecule has 1 N–H and O–H groups in total. The Morgan fingerprint density at radius 2 is 1.67 bits per heavy atom. The second-order valence-electron chi connectivity index (χ2n) is 8.62. The number of carbonyl (C=O) groups is 2. The van der Waals surface area contributed by atoms with Crippen LogP contribution in [0.5, 0.6) is 23.0 Å². The largest absolute Gasteiger partial charge is 0.546 e. The first-order valence-corrected chi connectivity index (χ1v) is 12.4. The number of carboxylic acid groups (broad SMARTS) is 1. The Kier molecular flexibility index (Phi) is 10.0. The number of carboxylic acids is 1. The molecule has 36 heavy (non-hydrogen) atoms. The highest BCUT2D eigenvalue weighted by atomic mass is 16.5. The summed E-state index contributed by atoms with van der Waals surface area (Å²) in [5.41, 5.74) is 1.64. The van der Waals surface area contributed by atoms with Crippen molar-refractivity contribution in [3.63, 3.8) is 0 Å². The van der Waals surface area contributed by atoms with Gasteiger partial charge in [-0.25, -0.2) is 0 Å². The lowest BCUT2D eigenvalue weighted by Crippen LogP contribution is -2.29. The lowest BCUT2D eigenvalue weighted by Gasteiger charge is -2.19. The molecule has 8 heteroatoms. The van der Waals surface area contributed by atoms with Crippen molar-refractivity contribution in [3.05, 3.63) is 59.7 Å². The fraction of sp³-hybridized carbons (Fsp3) is 0.429. The molecule has 3 rings (SSSR count). The monoisotopic (exact) mass is 496 g/mol. The number of allylic oxidation sites excluding steroid dienone is 1. The first kappa shape index (κ1) is 26.9. The number of hydrogen-bond acceptors (Lipinski definition) is 7. The number of amides is 1. The van der Waals surface area contributed by atoms with Crippen molar-refractivity contribution in [1.82, 2.24) is 4.90 Å². The van der Waals surface area contributed by atoms with Crippen molar-refractivity contribution in [2.45, 2.75) is 45.4 Å². The predicted octanol–water partition coefficient (Wildman–Crippen LogP) is 3.29. The van der Waals surface area contributed by atoms with E-state index in [0.717, 1.165) is 24.8 Å². The van der Waals surface area contributed by atoms with Gasteiger partial charge in [-0.2, -0.15) is 0 Å². The van der Waals surface area contributed by atoms with E-state index < -0.39 is 12.6 Å². The zero-order valence-electron chi connectivity index (χ0n) is 20.8. The minimum absolute atomic E-state index is 0.0573. The molecule has 0 aromatic heterocycles. The van der Waals surface area contributed by atoms with Gasteiger partial charge in [-0.1, -0.05) is 25.5 Å². The maximum absolute atomic E-state index is 12.8. The number of hydrogen-bond donors (Lipinski definition) is 1. The van der Waals surface area contributed by atoms with Crippen molar-refractivity contribution in [1.29, 1.82) is 0 Å². The minimum atomic E-state index is -1.28. The van der Waals surface area contributed by atoms with Gasteiger partial charge in [0.05, 0.1) is 24.7 Å². The van der Waals surface area contributed by atoms with Gasteiger partial charge in [0.25, 0.3) is 5.91 Å². The third-order valence-corrected chi connectivity index (χ3v) is 5.95. The number of aliphatic carboxylic acids is 1. The molecule has 0 radical (unpaired) electrons. The van der Waals surface area contributed by atoms with Gasteiger partial charge < -0.3 is 34.1 Å². The Morgan fingerprint density at radius 1 is 1.03 bits per heavy atom. The highest BCUT2D eigenvalue weighted by molar-refractivity contribution is 5.97. The quantitative estimate of drug-likeness (QED) is 0.316. The Morgan fingerprint density at radius 3 is 2.28 bits per heavy atom. The Labute approximate surface area is 212 Å². The van der Waals surface area contributed by atoms with Crippen LogP contribution in [-0.2, 0) is 17.6 Å². The number of aromatic hydroxyl groups is 1. The Bertz CT molecular complexity index is 1060. The topological polar surface area (TPSA) is 108 Å². The van der Waals surface area contributed by atoms with Crippen LogP contribution in [0.3, 0.4) is 0 Å². The highest BCUT2D eigenvalue weighted by Crippen LogP contribution is 2.34. The van der Waals surface area contributed by atoms with E-state index in [1.165, 1.54) is 0 Å². The van der Waals surface area contributed by atoms with Gasteiger partial charge in [0, 0.05) is 30.6 Å². The summed E-state index contributed by atoms with van der Waals surface area (Å²) in [6, 6.07) is 8.64. The molecule has 0 atom stereocenters. The van der Waals surface area contributed by atoms with E-state index in [4.69, 9.17) is 14.2 Å². The van der Waals surface area contributed by atoms with Gasteiger partial charge in [0.2, 0.25) is 0 Å². The van der Waals surface area contributed by atoms with Gasteiger partial charge in [-0.15, -0.1) is 6.58 Å². The summed E-state index contributed by atoms with van der Waals surface area (Å²) < 4.78 is 17.2. The van der Waals surface area contributed by atoms with E-state index in [9.17, 15) is 19.8 Å². The molecular weight excluding hydrogens is 462 g/mol. The summed E-state index contributed by atoms with van der Waals surface area (Å²) in [6.45, 7) is 7.39. The summed E-state index contributed by atoms with van der Waals surface area (Å²) in [5, 5.41) is 21.6. The van der Waals surface area contributed by atoms with Gasteiger partial charge in [0.15, 0.2) is 0 Å². The van der Waals surface area contributed by atoms with Crippen molar-refractivity contribution < 1.29 is 34.0 Å². The Hall–Kier alpha value is -3.68. The van der Waals surface area contributed by atoms with Crippen LogP contribution in [-0.4, -0.2) is 54.8 Å². The molecule has 1 fully saturated rings. The molecule has 2 aromatic rings. The SMILES string of the molecule is C=CCc1c(OCCCOc2cccc(OCC(=O)[O-])c2CCC)ccc(C(=O)N2CCCC2)c1O. The zero-order valence-corrected chi connectivity index (χ0v) is 20.8. The number of likely N-dealkylation sites (tertiary alicyclic amines) is 1. The molecule has 0 bridgehead atoms. The van der Waals surface area contributed by atoms with E-state index in [2.05, 4.69) is 6.58 Å². The van der Waals surface area contributed by atoms with Gasteiger partial charge in [-0.05, 0) is 49.9 Å². The molecule has 1 aliphatic heterocycles. The molecule has 1 aliphatic rings. The molecule has 0 spiro atoms. The number of benzene rings is 2. The van der Waals surface area contributed by atoms with E-state index in [1.807, 2.05) is 13.0 Å². The molecule has 1 heterocycles. The van der Waals surface area contributed by atoms with Gasteiger partial charge in [0.1, 0.15) is 29.6 Å². The summed E-state index contributed by atoms with van der Waals surface area (Å²) in [6.07, 6.45) is 6.09. The Balaban J connectivity index is 1.60. The standard InChI is InChI=1S/C28H35NO7/c1-3-9-20-23(11-7-12-24(20)36-19-26(30)31)34-17-8-18-35-25-14-13-22(27(32)21(25)10-4-2)28(33)29-15-5-6-16-29/h4,7,11-14,32H,2-3,5-6,8-10,15-19H2,1H3,(H,30,31)/p-1. The third kappa shape index (κ3) is 6.93. The van der Waals surface area contributed by atoms with E-state index >= 15 is 0 Å². The zero-order chi connectivity index (χ0) is 25.9. The van der Waals surface area contributed by atoms with Crippen LogP contribution < -0.4 is 19.3 Å². The summed E-state index contributed by atoms with van der Waals surface area (Å²) in [7, 11) is 0. The van der Waals surface area contributed by atoms with Crippen molar-refractivity contribution >= 4 is 11.9 Å². The normalized spacial score (nSPS) is 12.9. The molecule has 0 unspecified atom stereocenters.